The third-order valence-corrected chi connectivity index (χ3v) is 22.6. The van der Waals surface area contributed by atoms with Gasteiger partial charge < -0.3 is 9.38 Å². The maximum Gasteiger partial charge on any atom is 0.333 e. The number of hydrogen-bond acceptors (Lipinski definition) is 3. The molecule has 6 saturated carbocycles. The van der Waals surface area contributed by atoms with Crippen molar-refractivity contribution in [1.29, 1.82) is 0 Å². The molecule has 6 aliphatic carbocycles. The molecule has 9 aliphatic rings. The molecule has 0 spiro atoms. The Labute approximate surface area is 426 Å². The van der Waals surface area contributed by atoms with Gasteiger partial charge in [-0.25, -0.2) is 0 Å². The van der Waals surface area contributed by atoms with Crippen molar-refractivity contribution in [2.24, 2.45) is 29.6 Å². The smallest absolute Gasteiger partial charge is 0.333 e. The molecule has 1 aromatic heterocycles. The molecular formula is C66H57BN2S2. The van der Waals surface area contributed by atoms with E-state index in [1.54, 1.807) is 11.1 Å². The van der Waals surface area contributed by atoms with Crippen LogP contribution in [0.1, 0.15) is 95.1 Å². The summed E-state index contributed by atoms with van der Waals surface area (Å²) in [4.78, 5) is 8.22. The van der Waals surface area contributed by atoms with E-state index in [1.807, 2.05) is 23.5 Å². The molecule has 0 amide bonds. The van der Waals surface area contributed by atoms with Gasteiger partial charge in [0.15, 0.2) is 0 Å². The van der Waals surface area contributed by atoms with Crippen LogP contribution in [0.2, 0.25) is 0 Å². The van der Waals surface area contributed by atoms with Gasteiger partial charge in [0.05, 0.1) is 11.0 Å². The highest BCUT2D eigenvalue weighted by atomic mass is 32.2. The summed E-state index contributed by atoms with van der Waals surface area (Å²) in [6.45, 7) is 2.49. The summed E-state index contributed by atoms with van der Waals surface area (Å²) in [5.74, 6) is 4.39. The first-order valence-corrected chi connectivity index (χ1v) is 28.9. The number of aromatic nitrogens is 1. The van der Waals surface area contributed by atoms with E-state index >= 15 is 0 Å². The monoisotopic (exact) mass is 952 g/mol. The first-order chi connectivity index (χ1) is 35.0. The Bertz CT molecular complexity index is 3710. The predicted octanol–water partition coefficient (Wildman–Crippen LogP) is 16.8. The maximum atomic E-state index is 2.82. The van der Waals surface area contributed by atoms with Crippen molar-refractivity contribution in [3.8, 4) is 27.9 Å². The van der Waals surface area contributed by atoms with Crippen molar-refractivity contribution >= 4 is 85.3 Å². The predicted molar refractivity (Wildman–Crippen MR) is 299 cm³/mol. The zero-order valence-corrected chi connectivity index (χ0v) is 42.2. The summed E-state index contributed by atoms with van der Waals surface area (Å²) in [6, 6.07) is 60.2. The van der Waals surface area contributed by atoms with Gasteiger partial charge in [-0.05, 0) is 215 Å². The highest BCUT2D eigenvalue weighted by Crippen LogP contribution is 2.62. The number of hydrogen-bond donors (Lipinski definition) is 0. The van der Waals surface area contributed by atoms with Crippen LogP contribution < -0.4 is 15.7 Å². The van der Waals surface area contributed by atoms with E-state index in [4.69, 9.17) is 0 Å². The molecule has 71 heavy (non-hydrogen) atoms. The van der Waals surface area contributed by atoms with Crippen molar-refractivity contribution in [1.82, 2.24) is 4.57 Å². The normalized spacial score (nSPS) is 27.0. The summed E-state index contributed by atoms with van der Waals surface area (Å²) in [5.41, 5.74) is 18.8. The van der Waals surface area contributed by atoms with E-state index in [-0.39, 0.29) is 17.7 Å². The van der Waals surface area contributed by atoms with Gasteiger partial charge in [0.2, 0.25) is 0 Å². The molecule has 3 aliphatic heterocycles. The van der Waals surface area contributed by atoms with Gasteiger partial charge in [-0.1, -0.05) is 134 Å². The molecule has 6 bridgehead atoms. The fourth-order valence-electron chi connectivity index (χ4n) is 17.6. The lowest BCUT2D eigenvalue weighted by atomic mass is 9.42. The van der Waals surface area contributed by atoms with Gasteiger partial charge >= 0.3 is 6.85 Å². The maximum absolute atomic E-state index is 2.82. The zero-order valence-electron chi connectivity index (χ0n) is 40.6. The molecule has 2 atom stereocenters. The molecule has 0 radical (unpaired) electrons. The molecule has 9 aromatic rings. The number of nitrogens with zero attached hydrogens (tertiary/aromatic N) is 2. The summed E-state index contributed by atoms with van der Waals surface area (Å²) < 4.78 is 2.78. The third kappa shape index (κ3) is 5.77. The summed E-state index contributed by atoms with van der Waals surface area (Å²) >= 11 is 3.90. The van der Waals surface area contributed by atoms with Crippen molar-refractivity contribution in [2.75, 3.05) is 4.81 Å². The molecule has 0 N–H and O–H groups in total. The number of fused-ring (bicyclic) bond motifs is 13. The quantitative estimate of drug-likeness (QED) is 0.159. The van der Waals surface area contributed by atoms with Gasteiger partial charge in [-0.2, -0.15) is 0 Å². The van der Waals surface area contributed by atoms with Crippen molar-refractivity contribution in [2.45, 2.75) is 114 Å². The molecule has 5 heteroatoms. The van der Waals surface area contributed by atoms with Crippen LogP contribution in [-0.2, 0) is 10.8 Å². The van der Waals surface area contributed by atoms with E-state index in [0.29, 0.717) is 0 Å². The van der Waals surface area contributed by atoms with E-state index < -0.39 is 0 Å². The Hall–Kier alpha value is -5.62. The first-order valence-electron chi connectivity index (χ1n) is 27.2. The second-order valence-electron chi connectivity index (χ2n) is 23.9. The molecule has 18 rings (SSSR count). The molecule has 0 saturated heterocycles. The summed E-state index contributed by atoms with van der Waals surface area (Å²) in [6.07, 6.45) is 16.7. The topological polar surface area (TPSA) is 8.17 Å². The lowest BCUT2D eigenvalue weighted by Gasteiger charge is -2.57. The van der Waals surface area contributed by atoms with Crippen LogP contribution in [0, 0.1) is 29.6 Å². The Balaban J connectivity index is 0.981. The number of rotatable bonds is 5. The highest BCUT2D eigenvalue weighted by molar-refractivity contribution is 8.05. The molecule has 346 valence electrons. The average Bonchev–Trinajstić information content (AvgIpc) is 3.94. The lowest BCUT2D eigenvalue weighted by Crippen LogP contribution is -2.61. The van der Waals surface area contributed by atoms with Crippen LogP contribution in [0.15, 0.2) is 171 Å². The standard InChI is InChI=1S/C66H57BN2S2/c1-2-65(34-39-16-17-40(24-39)35-65)47-20-23-55-51(29-47)52-30-48(66-36-41-25-42(37-66)27-43(26-41)38-66)31-54-64(52)68(55)57-28-46-12-6-7-13-50(46)62-53-32-60-61(71-59-15-9-8-14-58(59)70-60)33-56(53)69(67(54)63(57)62)49-21-18-45(19-22-49)44-10-4-3-5-11-44/h3-15,18-23,28-33,39-43H,2,16-17,24-27,34-38H2,1H3. The minimum Gasteiger partial charge on any atom is -0.376 e. The van der Waals surface area contributed by atoms with Crippen LogP contribution >= 0.6 is 23.5 Å². The second-order valence-corrected chi connectivity index (χ2v) is 26.0. The average molecular weight is 953 g/mol. The molecule has 6 fully saturated rings. The van der Waals surface area contributed by atoms with Crippen LogP contribution in [0.25, 0.3) is 60.5 Å². The SMILES string of the molecule is CCC1(c2ccc3c(c2)c2cc(C45CC6CC(CC(C6)C4)C5)cc4c2n3-c2cc3ccccc3c3c2B4N(c2ccc(-c4ccccc4)cc2)c2cc4c(cc2-3)Sc2ccccc2S4)CC2CCC(C2)C1. The highest BCUT2D eigenvalue weighted by Gasteiger charge is 2.53. The van der Waals surface area contributed by atoms with Gasteiger partial charge in [-0.3, -0.25) is 0 Å². The Morgan fingerprint density at radius 2 is 1.18 bits per heavy atom. The zero-order chi connectivity index (χ0) is 46.3. The van der Waals surface area contributed by atoms with E-state index in [2.05, 4.69) is 168 Å². The van der Waals surface area contributed by atoms with Crippen LogP contribution in [0.5, 0.6) is 0 Å². The van der Waals surface area contributed by atoms with Crippen LogP contribution in [-0.4, -0.2) is 11.4 Å². The Kier molecular flexibility index (Phi) is 8.51. The molecule has 8 aromatic carbocycles. The van der Waals surface area contributed by atoms with Gasteiger partial charge in [-0.15, -0.1) is 0 Å². The fourth-order valence-corrected chi connectivity index (χ4v) is 19.8. The molecule has 2 nitrogen and oxygen atoms in total. The number of benzene rings is 8. The van der Waals surface area contributed by atoms with Crippen molar-refractivity contribution < 1.29 is 0 Å². The van der Waals surface area contributed by atoms with E-state index in [0.717, 1.165) is 29.6 Å². The molecular weight excluding hydrogens is 896 g/mol. The van der Waals surface area contributed by atoms with Crippen molar-refractivity contribution in [3.63, 3.8) is 0 Å². The molecule has 4 heterocycles. The van der Waals surface area contributed by atoms with Crippen LogP contribution in [0.3, 0.4) is 0 Å². The molecule has 2 unspecified atom stereocenters. The summed E-state index contributed by atoms with van der Waals surface area (Å²) in [5, 5.41) is 5.65. The third-order valence-electron chi connectivity index (χ3n) is 20.1. The van der Waals surface area contributed by atoms with Gasteiger partial charge in [0.1, 0.15) is 0 Å². The lowest BCUT2D eigenvalue weighted by molar-refractivity contribution is -0.00509. The van der Waals surface area contributed by atoms with Crippen molar-refractivity contribution in [3.05, 3.63) is 163 Å². The number of anilines is 2. The fraction of sp³-hybridized carbons (Fsp3) is 0.303. The summed E-state index contributed by atoms with van der Waals surface area (Å²) in [7, 11) is 0. The van der Waals surface area contributed by atoms with Gasteiger partial charge in [0, 0.05) is 53.0 Å². The largest absolute Gasteiger partial charge is 0.376 e. The van der Waals surface area contributed by atoms with Crippen LogP contribution in [0.4, 0.5) is 11.4 Å². The van der Waals surface area contributed by atoms with E-state index in [1.165, 1.54) is 179 Å². The van der Waals surface area contributed by atoms with Gasteiger partial charge in [0.25, 0.3) is 0 Å². The second kappa shape index (κ2) is 14.8. The van der Waals surface area contributed by atoms with E-state index in [9.17, 15) is 0 Å². The Morgan fingerprint density at radius 3 is 1.92 bits per heavy atom. The minimum absolute atomic E-state index is 0.0186. The Morgan fingerprint density at radius 1 is 0.535 bits per heavy atom. The first kappa shape index (κ1) is 40.9. The minimum atomic E-state index is -0.0186.